The highest BCUT2D eigenvalue weighted by Gasteiger charge is 2.12. The van der Waals surface area contributed by atoms with E-state index < -0.39 is 5.97 Å². The second-order valence-electron chi connectivity index (χ2n) is 4.31. The highest BCUT2D eigenvalue weighted by atomic mass is 35.5. The third-order valence-electron chi connectivity index (χ3n) is 2.44. The molecule has 0 bridgehead atoms. The van der Waals surface area contributed by atoms with Crippen LogP contribution in [-0.4, -0.2) is 17.0 Å². The van der Waals surface area contributed by atoms with Crippen LogP contribution in [0, 0.1) is 5.92 Å². The third-order valence-corrected chi connectivity index (χ3v) is 2.67. The van der Waals surface area contributed by atoms with Crippen molar-refractivity contribution in [3.63, 3.8) is 0 Å². The van der Waals surface area contributed by atoms with Gasteiger partial charge >= 0.3 is 5.97 Å². The average Bonchev–Trinajstić information content (AvgIpc) is 2.25. The molecule has 1 rings (SSSR count). The monoisotopic (exact) mass is 269 g/mol. The van der Waals surface area contributed by atoms with Gasteiger partial charge in [-0.05, 0) is 23.6 Å². The van der Waals surface area contributed by atoms with Crippen molar-refractivity contribution in [3.05, 3.63) is 34.9 Å². The smallest absolute Gasteiger partial charge is 0.303 e. The van der Waals surface area contributed by atoms with Crippen molar-refractivity contribution >= 4 is 23.5 Å². The molecule has 0 fully saturated rings. The standard InChI is InChI=1S/C13H16ClNO3/c1-9(6-13(17)18)5-12(16)15-8-10-3-2-4-11(14)7-10/h2-4,7,9H,5-6,8H2,1H3,(H,15,16)(H,17,18). The van der Waals surface area contributed by atoms with E-state index in [1.807, 2.05) is 12.1 Å². The molecule has 0 spiro atoms. The Morgan fingerprint density at radius 2 is 2.11 bits per heavy atom. The van der Waals surface area contributed by atoms with Gasteiger partial charge in [0.15, 0.2) is 0 Å². The summed E-state index contributed by atoms with van der Waals surface area (Å²) in [4.78, 5) is 22.0. The van der Waals surface area contributed by atoms with Crippen molar-refractivity contribution in [3.8, 4) is 0 Å². The maximum absolute atomic E-state index is 11.6. The minimum Gasteiger partial charge on any atom is -0.481 e. The Balaban J connectivity index is 2.35. The van der Waals surface area contributed by atoms with Crippen molar-refractivity contribution < 1.29 is 14.7 Å². The summed E-state index contributed by atoms with van der Waals surface area (Å²) in [5.41, 5.74) is 0.918. The molecular weight excluding hydrogens is 254 g/mol. The van der Waals surface area contributed by atoms with Gasteiger partial charge in [0.05, 0.1) is 0 Å². The molecule has 1 aromatic carbocycles. The van der Waals surface area contributed by atoms with Crippen LogP contribution in [0.3, 0.4) is 0 Å². The number of hydrogen-bond donors (Lipinski definition) is 2. The number of benzene rings is 1. The molecule has 0 saturated heterocycles. The minimum absolute atomic E-state index is 0.00455. The fourth-order valence-electron chi connectivity index (χ4n) is 1.61. The summed E-state index contributed by atoms with van der Waals surface area (Å²) in [5.74, 6) is -1.20. The van der Waals surface area contributed by atoms with E-state index in [4.69, 9.17) is 16.7 Å². The van der Waals surface area contributed by atoms with Crippen LogP contribution in [0.4, 0.5) is 0 Å². The normalized spacial score (nSPS) is 11.9. The second-order valence-corrected chi connectivity index (χ2v) is 4.75. The minimum atomic E-state index is -0.884. The van der Waals surface area contributed by atoms with Crippen LogP contribution in [0.2, 0.25) is 5.02 Å². The Morgan fingerprint density at radius 1 is 1.39 bits per heavy atom. The first-order valence-corrected chi connectivity index (χ1v) is 6.08. The molecule has 2 N–H and O–H groups in total. The van der Waals surface area contributed by atoms with E-state index in [0.717, 1.165) is 5.56 Å². The van der Waals surface area contributed by atoms with E-state index in [0.29, 0.717) is 11.6 Å². The molecule has 1 atom stereocenters. The Morgan fingerprint density at radius 3 is 2.72 bits per heavy atom. The molecule has 1 amide bonds. The average molecular weight is 270 g/mol. The predicted molar refractivity (Wildman–Crippen MR) is 69.3 cm³/mol. The van der Waals surface area contributed by atoms with E-state index in [-0.39, 0.29) is 24.7 Å². The number of carbonyl (C=O) groups excluding carboxylic acids is 1. The predicted octanol–water partition coefficient (Wildman–Crippen LogP) is 2.46. The summed E-state index contributed by atoms with van der Waals surface area (Å²) in [6.45, 7) is 2.15. The number of amides is 1. The van der Waals surface area contributed by atoms with Gasteiger partial charge in [0.2, 0.25) is 5.91 Å². The highest BCUT2D eigenvalue weighted by Crippen LogP contribution is 2.11. The maximum atomic E-state index is 11.6. The van der Waals surface area contributed by atoms with Gasteiger partial charge in [0.25, 0.3) is 0 Å². The van der Waals surface area contributed by atoms with E-state index in [9.17, 15) is 9.59 Å². The number of rotatable bonds is 6. The fourth-order valence-corrected chi connectivity index (χ4v) is 1.82. The van der Waals surface area contributed by atoms with Crippen molar-refractivity contribution in [2.24, 2.45) is 5.92 Å². The van der Waals surface area contributed by atoms with E-state index in [1.54, 1.807) is 19.1 Å². The maximum Gasteiger partial charge on any atom is 0.303 e. The topological polar surface area (TPSA) is 66.4 Å². The number of hydrogen-bond acceptors (Lipinski definition) is 2. The molecule has 0 saturated carbocycles. The summed E-state index contributed by atoms with van der Waals surface area (Å²) in [6, 6.07) is 7.23. The van der Waals surface area contributed by atoms with E-state index >= 15 is 0 Å². The number of carboxylic acid groups (broad SMARTS) is 1. The number of carboxylic acids is 1. The molecule has 1 unspecified atom stereocenters. The van der Waals surface area contributed by atoms with E-state index in [1.165, 1.54) is 0 Å². The third kappa shape index (κ3) is 5.68. The van der Waals surface area contributed by atoms with Crippen molar-refractivity contribution in [2.75, 3.05) is 0 Å². The Bertz CT molecular complexity index is 434. The lowest BCUT2D eigenvalue weighted by Crippen LogP contribution is -2.25. The summed E-state index contributed by atoms with van der Waals surface area (Å²) in [6.07, 6.45) is 0.220. The van der Waals surface area contributed by atoms with Crippen molar-refractivity contribution in [2.45, 2.75) is 26.3 Å². The molecule has 0 radical (unpaired) electrons. The zero-order valence-corrected chi connectivity index (χ0v) is 10.9. The van der Waals surface area contributed by atoms with Crippen LogP contribution in [-0.2, 0) is 16.1 Å². The second kappa shape index (κ2) is 7.01. The molecule has 0 aliphatic rings. The lowest BCUT2D eigenvalue weighted by Gasteiger charge is -2.09. The van der Waals surface area contributed by atoms with Crippen LogP contribution >= 0.6 is 11.6 Å². The summed E-state index contributed by atoms with van der Waals surface area (Å²) < 4.78 is 0. The molecule has 1 aromatic rings. The van der Waals surface area contributed by atoms with E-state index in [2.05, 4.69) is 5.32 Å². The SMILES string of the molecule is CC(CC(=O)O)CC(=O)NCc1cccc(Cl)c1. The zero-order valence-electron chi connectivity index (χ0n) is 10.1. The number of carbonyl (C=O) groups is 2. The van der Waals surface area contributed by atoms with Crippen LogP contribution in [0.15, 0.2) is 24.3 Å². The molecule has 0 heterocycles. The molecule has 4 nitrogen and oxygen atoms in total. The first kappa shape index (κ1) is 14.5. The van der Waals surface area contributed by atoms with Gasteiger partial charge in [-0.3, -0.25) is 9.59 Å². The highest BCUT2D eigenvalue weighted by molar-refractivity contribution is 6.30. The quantitative estimate of drug-likeness (QED) is 0.834. The Kier molecular flexibility index (Phi) is 5.65. The molecular formula is C13H16ClNO3. The molecule has 0 aliphatic carbocycles. The van der Waals surface area contributed by atoms with Crippen LogP contribution in [0.1, 0.15) is 25.3 Å². The number of aliphatic carboxylic acids is 1. The first-order valence-electron chi connectivity index (χ1n) is 5.70. The fraction of sp³-hybridized carbons (Fsp3) is 0.385. The number of halogens is 1. The molecule has 98 valence electrons. The van der Waals surface area contributed by atoms with Gasteiger partial charge in [0.1, 0.15) is 0 Å². The van der Waals surface area contributed by atoms with Crippen LogP contribution in [0.5, 0.6) is 0 Å². The zero-order chi connectivity index (χ0) is 13.5. The molecule has 0 aliphatic heterocycles. The lowest BCUT2D eigenvalue weighted by atomic mass is 10.0. The van der Waals surface area contributed by atoms with Gasteiger partial charge in [-0.15, -0.1) is 0 Å². The Labute approximate surface area is 111 Å². The summed E-state index contributed by atoms with van der Waals surface area (Å²) in [5, 5.41) is 12.0. The van der Waals surface area contributed by atoms with Gasteiger partial charge in [0, 0.05) is 24.4 Å². The molecule has 5 heteroatoms. The summed E-state index contributed by atoms with van der Waals surface area (Å²) >= 11 is 5.82. The molecule has 18 heavy (non-hydrogen) atoms. The van der Waals surface area contributed by atoms with Gasteiger partial charge in [-0.1, -0.05) is 30.7 Å². The summed E-state index contributed by atoms with van der Waals surface area (Å²) in [7, 11) is 0. The van der Waals surface area contributed by atoms with Gasteiger partial charge in [-0.2, -0.15) is 0 Å². The van der Waals surface area contributed by atoms with Crippen LogP contribution < -0.4 is 5.32 Å². The first-order chi connectivity index (χ1) is 8.47. The molecule has 0 aromatic heterocycles. The Hall–Kier alpha value is -1.55. The van der Waals surface area contributed by atoms with Crippen molar-refractivity contribution in [1.82, 2.24) is 5.32 Å². The largest absolute Gasteiger partial charge is 0.481 e. The van der Waals surface area contributed by atoms with Gasteiger partial charge < -0.3 is 10.4 Å². The van der Waals surface area contributed by atoms with Crippen molar-refractivity contribution in [1.29, 1.82) is 0 Å². The van der Waals surface area contributed by atoms with Crippen LogP contribution in [0.25, 0.3) is 0 Å². The lowest BCUT2D eigenvalue weighted by molar-refractivity contribution is -0.138. The number of nitrogens with one attached hydrogen (secondary N) is 1. The van der Waals surface area contributed by atoms with Gasteiger partial charge in [-0.25, -0.2) is 0 Å².